The van der Waals surface area contributed by atoms with Gasteiger partial charge in [-0.1, -0.05) is 0 Å². The van der Waals surface area contributed by atoms with Crippen molar-refractivity contribution in [3.8, 4) is 0 Å². The predicted molar refractivity (Wildman–Crippen MR) is 71.2 cm³/mol. The van der Waals surface area contributed by atoms with E-state index in [1.807, 2.05) is 0 Å². The molecular weight excluding hydrogens is 317 g/mol. The predicted octanol–water partition coefficient (Wildman–Crippen LogP) is 2.04. The van der Waals surface area contributed by atoms with Crippen LogP contribution in [0.15, 0.2) is 12.5 Å². The van der Waals surface area contributed by atoms with Gasteiger partial charge in [-0.3, -0.25) is 0 Å². The van der Waals surface area contributed by atoms with E-state index in [2.05, 4.69) is 37.9 Å². The molecule has 0 spiro atoms. The summed E-state index contributed by atoms with van der Waals surface area (Å²) < 4.78 is 1.05. The van der Waals surface area contributed by atoms with Crippen molar-refractivity contribution in [2.24, 2.45) is 5.92 Å². The Morgan fingerprint density at radius 1 is 1.38 bits per heavy atom. The first-order valence-electron chi connectivity index (χ1n) is 5.63. The van der Waals surface area contributed by atoms with Crippen LogP contribution in [-0.2, 0) is 0 Å². The molecule has 0 amide bonds. The highest BCUT2D eigenvalue weighted by Crippen LogP contribution is 2.24. The summed E-state index contributed by atoms with van der Waals surface area (Å²) in [6.07, 6.45) is 7.39. The molecule has 1 saturated carbocycles. The van der Waals surface area contributed by atoms with Gasteiger partial charge in [0.1, 0.15) is 12.1 Å². The lowest BCUT2D eigenvalue weighted by molar-refractivity contribution is 0.111. The van der Waals surface area contributed by atoms with Crippen molar-refractivity contribution < 1.29 is 5.11 Å². The van der Waals surface area contributed by atoms with Gasteiger partial charge < -0.3 is 10.4 Å². The lowest BCUT2D eigenvalue weighted by Crippen LogP contribution is -2.24. The van der Waals surface area contributed by atoms with Gasteiger partial charge in [0.15, 0.2) is 0 Å². The van der Waals surface area contributed by atoms with Gasteiger partial charge in [-0.15, -0.1) is 0 Å². The highest BCUT2D eigenvalue weighted by molar-refractivity contribution is 14.1. The van der Waals surface area contributed by atoms with Crippen molar-refractivity contribution in [3.63, 3.8) is 0 Å². The number of halogens is 1. The first-order valence-corrected chi connectivity index (χ1v) is 6.71. The molecule has 0 bridgehead atoms. The molecule has 4 nitrogen and oxygen atoms in total. The van der Waals surface area contributed by atoms with Crippen molar-refractivity contribution >= 4 is 28.4 Å². The minimum absolute atomic E-state index is 0.0737. The van der Waals surface area contributed by atoms with E-state index in [0.29, 0.717) is 5.92 Å². The highest BCUT2D eigenvalue weighted by Gasteiger charge is 2.19. The van der Waals surface area contributed by atoms with E-state index in [1.54, 1.807) is 12.5 Å². The van der Waals surface area contributed by atoms with E-state index in [-0.39, 0.29) is 6.10 Å². The van der Waals surface area contributed by atoms with Crippen LogP contribution in [0.25, 0.3) is 0 Å². The maximum absolute atomic E-state index is 9.41. The molecule has 0 radical (unpaired) electrons. The Morgan fingerprint density at radius 2 is 2.12 bits per heavy atom. The van der Waals surface area contributed by atoms with Crippen molar-refractivity contribution in [1.82, 2.24) is 9.97 Å². The van der Waals surface area contributed by atoms with Crippen LogP contribution in [-0.4, -0.2) is 27.7 Å². The molecule has 0 aromatic carbocycles. The third-order valence-electron chi connectivity index (χ3n) is 3.04. The van der Waals surface area contributed by atoms with Gasteiger partial charge in [0.25, 0.3) is 0 Å². The Kier molecular flexibility index (Phi) is 4.34. The fourth-order valence-corrected chi connectivity index (χ4v) is 2.52. The van der Waals surface area contributed by atoms with Crippen LogP contribution in [0.3, 0.4) is 0 Å². The van der Waals surface area contributed by atoms with Crippen LogP contribution in [0, 0.1) is 9.49 Å². The van der Waals surface area contributed by atoms with Crippen LogP contribution in [0.4, 0.5) is 5.82 Å². The summed E-state index contributed by atoms with van der Waals surface area (Å²) in [5.41, 5.74) is 0. The van der Waals surface area contributed by atoms with E-state index >= 15 is 0 Å². The molecule has 0 unspecified atom stereocenters. The molecule has 2 rings (SSSR count). The first-order chi connectivity index (χ1) is 7.75. The number of aromatic nitrogens is 2. The highest BCUT2D eigenvalue weighted by atomic mass is 127. The van der Waals surface area contributed by atoms with Gasteiger partial charge in [0.2, 0.25) is 0 Å². The monoisotopic (exact) mass is 333 g/mol. The fourth-order valence-electron chi connectivity index (χ4n) is 2.03. The lowest BCUT2D eigenvalue weighted by Gasteiger charge is -2.25. The largest absolute Gasteiger partial charge is 0.393 e. The average molecular weight is 333 g/mol. The Morgan fingerprint density at radius 3 is 2.81 bits per heavy atom. The average Bonchev–Trinajstić information content (AvgIpc) is 2.30. The molecule has 0 saturated heterocycles. The van der Waals surface area contributed by atoms with E-state index in [1.165, 1.54) is 0 Å². The van der Waals surface area contributed by atoms with Crippen molar-refractivity contribution in [2.45, 2.75) is 31.8 Å². The molecule has 1 aliphatic rings. The number of hydrogen-bond acceptors (Lipinski definition) is 4. The van der Waals surface area contributed by atoms with Gasteiger partial charge in [-0.25, -0.2) is 9.97 Å². The number of anilines is 1. The molecule has 0 atom stereocenters. The second-order valence-electron chi connectivity index (χ2n) is 4.27. The molecule has 5 heteroatoms. The number of hydrogen-bond donors (Lipinski definition) is 2. The summed E-state index contributed by atoms with van der Waals surface area (Å²) in [4.78, 5) is 8.16. The summed E-state index contributed by atoms with van der Waals surface area (Å²) in [5.74, 6) is 1.58. The SMILES string of the molecule is OC1CCC(CNc2ncncc2I)CC1. The topological polar surface area (TPSA) is 58.0 Å². The second kappa shape index (κ2) is 5.77. The van der Waals surface area contributed by atoms with Crippen LogP contribution in [0.1, 0.15) is 25.7 Å². The maximum Gasteiger partial charge on any atom is 0.142 e. The summed E-state index contributed by atoms with van der Waals surface area (Å²) in [6, 6.07) is 0. The molecule has 88 valence electrons. The zero-order chi connectivity index (χ0) is 11.4. The minimum Gasteiger partial charge on any atom is -0.393 e. The second-order valence-corrected chi connectivity index (χ2v) is 5.44. The van der Waals surface area contributed by atoms with Gasteiger partial charge in [-0.2, -0.15) is 0 Å². The first kappa shape index (κ1) is 12.0. The van der Waals surface area contributed by atoms with Crippen LogP contribution in [0.5, 0.6) is 0 Å². The summed E-state index contributed by atoms with van der Waals surface area (Å²) in [5, 5.41) is 12.8. The molecule has 16 heavy (non-hydrogen) atoms. The van der Waals surface area contributed by atoms with E-state index < -0.39 is 0 Å². The summed E-state index contributed by atoms with van der Waals surface area (Å²) in [6.45, 7) is 0.944. The number of aliphatic hydroxyl groups excluding tert-OH is 1. The van der Waals surface area contributed by atoms with Crippen molar-refractivity contribution in [2.75, 3.05) is 11.9 Å². The normalized spacial score (nSPS) is 25.4. The summed E-state index contributed by atoms with van der Waals surface area (Å²) in [7, 11) is 0. The zero-order valence-corrected chi connectivity index (χ0v) is 11.2. The van der Waals surface area contributed by atoms with Crippen molar-refractivity contribution in [3.05, 3.63) is 16.1 Å². The smallest absolute Gasteiger partial charge is 0.142 e. The Hall–Kier alpha value is -0.430. The fraction of sp³-hybridized carbons (Fsp3) is 0.636. The molecule has 1 fully saturated rings. The molecule has 1 aromatic heterocycles. The van der Waals surface area contributed by atoms with Crippen LogP contribution in [0.2, 0.25) is 0 Å². The van der Waals surface area contributed by atoms with Gasteiger partial charge in [-0.05, 0) is 54.2 Å². The maximum atomic E-state index is 9.41. The molecular formula is C11H16IN3O. The number of nitrogens with one attached hydrogen (secondary N) is 1. The van der Waals surface area contributed by atoms with Crippen molar-refractivity contribution in [1.29, 1.82) is 0 Å². The Bertz CT molecular complexity index is 340. The third kappa shape index (κ3) is 3.28. The van der Waals surface area contributed by atoms with E-state index in [9.17, 15) is 5.11 Å². The molecule has 1 aromatic rings. The standard InChI is InChI=1S/C11H16IN3O/c12-10-6-13-7-15-11(10)14-5-8-1-3-9(16)4-2-8/h6-9,16H,1-5H2,(H,13,14,15). The van der Waals surface area contributed by atoms with E-state index in [4.69, 9.17) is 0 Å². The quantitative estimate of drug-likeness (QED) is 0.832. The summed E-state index contributed by atoms with van der Waals surface area (Å²) >= 11 is 2.23. The van der Waals surface area contributed by atoms with Gasteiger partial charge >= 0.3 is 0 Å². The Labute approximate surface area is 109 Å². The van der Waals surface area contributed by atoms with Gasteiger partial charge in [0, 0.05) is 12.7 Å². The minimum atomic E-state index is -0.0737. The molecule has 1 aliphatic carbocycles. The zero-order valence-electron chi connectivity index (χ0n) is 9.06. The number of aliphatic hydroxyl groups is 1. The molecule has 2 N–H and O–H groups in total. The van der Waals surface area contributed by atoms with Gasteiger partial charge in [0.05, 0.1) is 9.67 Å². The van der Waals surface area contributed by atoms with Crippen LogP contribution < -0.4 is 5.32 Å². The lowest BCUT2D eigenvalue weighted by atomic mass is 9.87. The Balaban J connectivity index is 1.81. The molecule has 0 aliphatic heterocycles. The van der Waals surface area contributed by atoms with Crippen LogP contribution >= 0.6 is 22.6 Å². The number of nitrogens with zero attached hydrogens (tertiary/aromatic N) is 2. The third-order valence-corrected chi connectivity index (χ3v) is 3.83. The number of rotatable bonds is 3. The van der Waals surface area contributed by atoms with E-state index in [0.717, 1.165) is 41.6 Å². The molecule has 1 heterocycles.